The Kier molecular flexibility index (Phi) is 1.36. The highest BCUT2D eigenvalue weighted by molar-refractivity contribution is 5.94. The van der Waals surface area contributed by atoms with E-state index < -0.39 is 0 Å². The summed E-state index contributed by atoms with van der Waals surface area (Å²) in [6.07, 6.45) is 2.44. The third-order valence-electron chi connectivity index (χ3n) is 2.22. The number of nitrogens with zero attached hydrogens (tertiary/aromatic N) is 4. The molecule has 1 aromatic rings. The fraction of sp³-hybridized carbons (Fsp3) is 0.571. The number of nitrogens with one attached hydrogen (secondary N) is 1. The highest BCUT2D eigenvalue weighted by atomic mass is 16.5. The van der Waals surface area contributed by atoms with Crippen LogP contribution in [0.2, 0.25) is 0 Å². The monoisotopic (exact) mass is 179 g/mol. The van der Waals surface area contributed by atoms with Crippen LogP contribution in [0.25, 0.3) is 0 Å². The Morgan fingerprint density at radius 2 is 2.62 bits per heavy atom. The highest BCUT2D eigenvalue weighted by Gasteiger charge is 2.27. The number of fused-ring (bicyclic) bond motifs is 2. The van der Waals surface area contributed by atoms with Gasteiger partial charge in [0.05, 0.1) is 13.2 Å². The molecule has 0 saturated heterocycles. The van der Waals surface area contributed by atoms with Crippen LogP contribution in [0.5, 0.6) is 0 Å². The van der Waals surface area contributed by atoms with Crippen molar-refractivity contribution in [2.45, 2.75) is 12.5 Å². The van der Waals surface area contributed by atoms with Crippen LogP contribution < -0.4 is 5.43 Å². The summed E-state index contributed by atoms with van der Waals surface area (Å²) < 4.78 is 7.32. The highest BCUT2D eigenvalue weighted by Crippen LogP contribution is 2.12. The Labute approximate surface area is 74.6 Å². The molecule has 1 N–H and O–H groups in total. The van der Waals surface area contributed by atoms with Crippen LogP contribution in [-0.4, -0.2) is 40.0 Å². The van der Waals surface area contributed by atoms with E-state index in [1.807, 2.05) is 0 Å². The molecule has 0 saturated carbocycles. The van der Waals surface area contributed by atoms with Gasteiger partial charge in [0.15, 0.2) is 5.82 Å². The topological polar surface area (TPSA) is 64.3 Å². The average molecular weight is 179 g/mol. The first-order valence-electron chi connectivity index (χ1n) is 4.25. The molecule has 0 fully saturated rings. The normalized spacial score (nSPS) is 25.5. The summed E-state index contributed by atoms with van der Waals surface area (Å²) in [6, 6.07) is 0. The molecule has 2 aliphatic rings. The van der Waals surface area contributed by atoms with Gasteiger partial charge in [-0.2, -0.15) is 0 Å². The molecule has 3 rings (SSSR count). The SMILES string of the molecule is c1nnc2n1NC1=NCCOC1C2. The largest absolute Gasteiger partial charge is 0.368 e. The van der Waals surface area contributed by atoms with E-state index in [-0.39, 0.29) is 6.10 Å². The van der Waals surface area contributed by atoms with Crippen molar-refractivity contribution in [2.24, 2.45) is 4.99 Å². The first-order chi connectivity index (χ1) is 6.43. The second kappa shape index (κ2) is 2.53. The smallest absolute Gasteiger partial charge is 0.155 e. The summed E-state index contributed by atoms with van der Waals surface area (Å²) in [4.78, 5) is 4.33. The maximum atomic E-state index is 5.53. The number of hydrogen-bond acceptors (Lipinski definition) is 5. The zero-order valence-electron chi connectivity index (χ0n) is 6.97. The van der Waals surface area contributed by atoms with E-state index in [1.54, 1.807) is 11.0 Å². The van der Waals surface area contributed by atoms with Gasteiger partial charge in [0, 0.05) is 6.42 Å². The van der Waals surface area contributed by atoms with Gasteiger partial charge in [0.25, 0.3) is 0 Å². The minimum Gasteiger partial charge on any atom is -0.368 e. The summed E-state index contributed by atoms with van der Waals surface area (Å²) in [6.45, 7) is 1.43. The molecule has 1 aromatic heterocycles. The molecular weight excluding hydrogens is 170 g/mol. The van der Waals surface area contributed by atoms with Gasteiger partial charge in [0.1, 0.15) is 18.3 Å². The molecule has 1 atom stereocenters. The molecule has 0 radical (unpaired) electrons. The van der Waals surface area contributed by atoms with Crippen molar-refractivity contribution in [2.75, 3.05) is 18.6 Å². The summed E-state index contributed by atoms with van der Waals surface area (Å²) in [5.74, 6) is 1.78. The van der Waals surface area contributed by atoms with Crippen molar-refractivity contribution in [3.63, 3.8) is 0 Å². The number of ether oxygens (including phenoxy) is 1. The van der Waals surface area contributed by atoms with E-state index in [9.17, 15) is 0 Å². The van der Waals surface area contributed by atoms with Crippen molar-refractivity contribution in [3.05, 3.63) is 12.2 Å². The summed E-state index contributed by atoms with van der Waals surface area (Å²) in [5.41, 5.74) is 3.10. The van der Waals surface area contributed by atoms with Crippen LogP contribution in [0.15, 0.2) is 11.3 Å². The lowest BCUT2D eigenvalue weighted by molar-refractivity contribution is 0.0901. The predicted molar refractivity (Wildman–Crippen MR) is 45.1 cm³/mol. The van der Waals surface area contributed by atoms with Crippen molar-refractivity contribution >= 4 is 5.84 Å². The molecule has 2 aliphatic heterocycles. The van der Waals surface area contributed by atoms with Crippen molar-refractivity contribution in [1.29, 1.82) is 0 Å². The number of amidine groups is 1. The molecule has 13 heavy (non-hydrogen) atoms. The van der Waals surface area contributed by atoms with Crippen LogP contribution in [-0.2, 0) is 11.2 Å². The molecule has 3 heterocycles. The zero-order chi connectivity index (χ0) is 8.67. The van der Waals surface area contributed by atoms with E-state index >= 15 is 0 Å². The van der Waals surface area contributed by atoms with Crippen LogP contribution in [0.3, 0.4) is 0 Å². The number of aromatic nitrogens is 3. The van der Waals surface area contributed by atoms with Gasteiger partial charge in [-0.1, -0.05) is 0 Å². The molecular formula is C7H9N5O. The van der Waals surface area contributed by atoms with Crippen molar-refractivity contribution in [3.8, 4) is 0 Å². The Hall–Kier alpha value is -1.43. The van der Waals surface area contributed by atoms with Gasteiger partial charge in [-0.05, 0) is 0 Å². The molecule has 0 amide bonds. The molecule has 0 aromatic carbocycles. The summed E-state index contributed by atoms with van der Waals surface area (Å²) >= 11 is 0. The summed E-state index contributed by atoms with van der Waals surface area (Å²) in [7, 11) is 0. The Balaban J connectivity index is 1.99. The fourth-order valence-electron chi connectivity index (χ4n) is 1.59. The first kappa shape index (κ1) is 7.02. The van der Waals surface area contributed by atoms with Crippen LogP contribution in [0, 0.1) is 0 Å². The van der Waals surface area contributed by atoms with Gasteiger partial charge >= 0.3 is 0 Å². The zero-order valence-corrected chi connectivity index (χ0v) is 6.97. The van der Waals surface area contributed by atoms with E-state index in [1.165, 1.54) is 0 Å². The lowest BCUT2D eigenvalue weighted by Crippen LogP contribution is -2.45. The van der Waals surface area contributed by atoms with Crippen LogP contribution >= 0.6 is 0 Å². The number of rotatable bonds is 0. The average Bonchev–Trinajstić information content (AvgIpc) is 2.61. The van der Waals surface area contributed by atoms with Crippen LogP contribution in [0.1, 0.15) is 5.82 Å². The molecule has 0 spiro atoms. The van der Waals surface area contributed by atoms with E-state index in [2.05, 4.69) is 20.6 Å². The number of aliphatic imine (C=N–C) groups is 1. The standard InChI is InChI=1S/C7H9N5O/c1-2-13-5-3-6-10-9-4-12(6)11-7(5)8-1/h4-5H,1-3H2,(H,8,11). The fourth-order valence-corrected chi connectivity index (χ4v) is 1.59. The van der Waals surface area contributed by atoms with Gasteiger partial charge in [-0.3, -0.25) is 10.4 Å². The maximum Gasteiger partial charge on any atom is 0.155 e. The van der Waals surface area contributed by atoms with Gasteiger partial charge in [-0.25, -0.2) is 4.68 Å². The van der Waals surface area contributed by atoms with E-state index in [0.29, 0.717) is 6.61 Å². The molecule has 68 valence electrons. The van der Waals surface area contributed by atoms with E-state index in [0.717, 1.165) is 24.6 Å². The molecule has 6 nitrogen and oxygen atoms in total. The molecule has 6 heteroatoms. The second-order valence-corrected chi connectivity index (χ2v) is 3.06. The third-order valence-corrected chi connectivity index (χ3v) is 2.22. The Bertz CT molecular complexity index is 358. The lowest BCUT2D eigenvalue weighted by Gasteiger charge is -2.28. The Morgan fingerprint density at radius 1 is 1.62 bits per heavy atom. The second-order valence-electron chi connectivity index (χ2n) is 3.06. The quantitative estimate of drug-likeness (QED) is 0.565. The van der Waals surface area contributed by atoms with E-state index in [4.69, 9.17) is 4.74 Å². The third kappa shape index (κ3) is 1.02. The predicted octanol–water partition coefficient (Wildman–Crippen LogP) is -0.825. The minimum absolute atomic E-state index is 0.0467. The Morgan fingerprint density at radius 3 is 3.62 bits per heavy atom. The van der Waals surface area contributed by atoms with Gasteiger partial charge in [0.2, 0.25) is 0 Å². The van der Waals surface area contributed by atoms with Crippen molar-refractivity contribution < 1.29 is 4.74 Å². The van der Waals surface area contributed by atoms with Gasteiger partial charge in [-0.15, -0.1) is 10.2 Å². The molecule has 1 unspecified atom stereocenters. The van der Waals surface area contributed by atoms with Gasteiger partial charge < -0.3 is 4.74 Å². The molecule has 0 bridgehead atoms. The lowest BCUT2D eigenvalue weighted by atomic mass is 10.2. The first-order valence-corrected chi connectivity index (χ1v) is 4.25. The summed E-state index contributed by atoms with van der Waals surface area (Å²) in [5, 5.41) is 7.76. The minimum atomic E-state index is 0.0467. The van der Waals surface area contributed by atoms with Crippen LogP contribution in [0.4, 0.5) is 0 Å². The van der Waals surface area contributed by atoms with Crippen molar-refractivity contribution in [1.82, 2.24) is 14.9 Å². The maximum absolute atomic E-state index is 5.53. The molecule has 0 aliphatic carbocycles. The number of hydrogen-bond donors (Lipinski definition) is 1.